The Morgan fingerprint density at radius 2 is 2.00 bits per heavy atom. The van der Waals surface area contributed by atoms with Crippen molar-refractivity contribution in [1.29, 1.82) is 0 Å². The molecule has 3 rings (SSSR count). The zero-order valence-electron chi connectivity index (χ0n) is 19.5. The molecule has 2 aromatic heterocycles. The van der Waals surface area contributed by atoms with Gasteiger partial charge in [-0.3, -0.25) is 9.78 Å². The molecule has 7 nitrogen and oxygen atoms in total. The molecule has 0 unspecified atom stereocenters. The van der Waals surface area contributed by atoms with Gasteiger partial charge >= 0.3 is 0 Å². The first kappa shape index (κ1) is 24.9. The molecule has 1 atom stereocenters. The van der Waals surface area contributed by atoms with E-state index in [0.29, 0.717) is 32.4 Å². The second-order valence-corrected chi connectivity index (χ2v) is 10.7. The van der Waals surface area contributed by atoms with Crippen molar-refractivity contribution in [3.63, 3.8) is 0 Å². The van der Waals surface area contributed by atoms with Crippen molar-refractivity contribution in [1.82, 2.24) is 14.6 Å². The van der Waals surface area contributed by atoms with Crippen LogP contribution >= 0.6 is 0 Å². The van der Waals surface area contributed by atoms with Crippen LogP contribution in [0.25, 0.3) is 11.0 Å². The number of aromatic nitrogens is 1. The predicted molar refractivity (Wildman–Crippen MR) is 130 cm³/mol. The molecule has 0 saturated heterocycles. The summed E-state index contributed by atoms with van der Waals surface area (Å²) in [6.07, 6.45) is 6.48. The van der Waals surface area contributed by atoms with Gasteiger partial charge in [0, 0.05) is 30.9 Å². The first-order valence-corrected chi connectivity index (χ1v) is 13.1. The third-order valence-corrected chi connectivity index (χ3v) is 6.91. The summed E-state index contributed by atoms with van der Waals surface area (Å²) in [5.41, 5.74) is 2.73. The molecule has 1 amide bonds. The second-order valence-electron chi connectivity index (χ2n) is 8.79. The van der Waals surface area contributed by atoms with Crippen molar-refractivity contribution in [2.45, 2.75) is 52.6 Å². The van der Waals surface area contributed by atoms with E-state index in [4.69, 9.17) is 4.42 Å². The molecule has 0 fully saturated rings. The van der Waals surface area contributed by atoms with Crippen LogP contribution in [0.3, 0.4) is 0 Å². The van der Waals surface area contributed by atoms with E-state index in [1.165, 1.54) is 0 Å². The topological polar surface area (TPSA) is 92.5 Å². The third-order valence-electron chi connectivity index (χ3n) is 5.32. The SMILES string of the molecule is CCCS(=O)(=O)N[C@@H](CCc1cccnc1)C(=O)N(Cc1ccc2occc2c1)CC(C)C. The number of furan rings is 1. The van der Waals surface area contributed by atoms with Crippen LogP contribution in [0.1, 0.15) is 44.7 Å². The first-order chi connectivity index (χ1) is 15.8. The maximum Gasteiger partial charge on any atom is 0.241 e. The molecule has 1 aromatic carbocycles. The molecule has 33 heavy (non-hydrogen) atoms. The lowest BCUT2D eigenvalue weighted by Crippen LogP contribution is -2.49. The lowest BCUT2D eigenvalue weighted by molar-refractivity contribution is -0.134. The minimum Gasteiger partial charge on any atom is -0.464 e. The van der Waals surface area contributed by atoms with Crippen molar-refractivity contribution in [3.05, 3.63) is 66.2 Å². The Bertz CT molecular complexity index is 1140. The van der Waals surface area contributed by atoms with E-state index < -0.39 is 16.1 Å². The van der Waals surface area contributed by atoms with Gasteiger partial charge in [-0.2, -0.15) is 0 Å². The smallest absolute Gasteiger partial charge is 0.241 e. The number of carbonyl (C=O) groups is 1. The van der Waals surface area contributed by atoms with Crippen LogP contribution in [0, 0.1) is 5.92 Å². The molecule has 3 aromatic rings. The number of aryl methyl sites for hydroxylation is 1. The highest BCUT2D eigenvalue weighted by molar-refractivity contribution is 7.89. The van der Waals surface area contributed by atoms with E-state index in [0.717, 1.165) is 22.1 Å². The van der Waals surface area contributed by atoms with Gasteiger partial charge in [0.1, 0.15) is 11.6 Å². The molecular formula is C25H33N3O4S. The number of hydrogen-bond acceptors (Lipinski definition) is 5. The highest BCUT2D eigenvalue weighted by Gasteiger charge is 2.28. The molecule has 178 valence electrons. The van der Waals surface area contributed by atoms with Crippen LogP contribution in [0.2, 0.25) is 0 Å². The second kappa shape index (κ2) is 11.4. The van der Waals surface area contributed by atoms with Crippen LogP contribution in [0.4, 0.5) is 0 Å². The molecule has 0 aliphatic heterocycles. The van der Waals surface area contributed by atoms with Crippen molar-refractivity contribution in [2.24, 2.45) is 5.92 Å². The number of hydrogen-bond donors (Lipinski definition) is 1. The Kier molecular flexibility index (Phi) is 8.63. The van der Waals surface area contributed by atoms with Crippen LogP contribution in [-0.4, -0.2) is 42.5 Å². The van der Waals surface area contributed by atoms with E-state index in [1.54, 1.807) is 23.6 Å². The van der Waals surface area contributed by atoms with Crippen LogP contribution in [0.5, 0.6) is 0 Å². The first-order valence-electron chi connectivity index (χ1n) is 11.4. The van der Waals surface area contributed by atoms with Gasteiger partial charge in [-0.05, 0) is 60.6 Å². The number of carbonyl (C=O) groups excluding carboxylic acids is 1. The molecule has 0 aliphatic rings. The molecule has 8 heteroatoms. The van der Waals surface area contributed by atoms with E-state index in [-0.39, 0.29) is 17.6 Å². The molecule has 2 heterocycles. The molecule has 0 aliphatic carbocycles. The number of fused-ring (bicyclic) bond motifs is 1. The monoisotopic (exact) mass is 471 g/mol. The highest BCUT2D eigenvalue weighted by Crippen LogP contribution is 2.19. The summed E-state index contributed by atoms with van der Waals surface area (Å²) in [6.45, 7) is 6.83. The molecule has 0 saturated carbocycles. The maximum absolute atomic E-state index is 13.7. The third kappa shape index (κ3) is 7.40. The fourth-order valence-corrected chi connectivity index (χ4v) is 5.17. The minimum atomic E-state index is -3.56. The van der Waals surface area contributed by atoms with Crippen molar-refractivity contribution in [2.75, 3.05) is 12.3 Å². The normalized spacial score (nSPS) is 12.8. The summed E-state index contributed by atoms with van der Waals surface area (Å²) in [5, 5.41) is 0.973. The van der Waals surface area contributed by atoms with E-state index in [2.05, 4.69) is 9.71 Å². The highest BCUT2D eigenvalue weighted by atomic mass is 32.2. The van der Waals surface area contributed by atoms with Gasteiger partial charge in [0.2, 0.25) is 15.9 Å². The standard InChI is InChI=1S/C25H33N3O4S/c1-4-14-33(30,31)27-23(9-7-20-6-5-12-26-16-20)25(29)28(17-19(2)3)18-21-8-10-24-22(15-21)11-13-32-24/h5-6,8,10-13,15-16,19,23,27H,4,7,9,14,17-18H2,1-3H3/t23-/m0/s1. The molecule has 1 N–H and O–H groups in total. The number of pyridine rings is 1. The zero-order valence-corrected chi connectivity index (χ0v) is 20.3. The summed E-state index contributed by atoms with van der Waals surface area (Å²) < 4.78 is 33.2. The average molecular weight is 472 g/mol. The van der Waals surface area contributed by atoms with E-state index in [9.17, 15) is 13.2 Å². The van der Waals surface area contributed by atoms with Gasteiger partial charge in [-0.1, -0.05) is 32.9 Å². The fraction of sp³-hybridized carbons (Fsp3) is 0.440. The number of amides is 1. The molecule has 0 radical (unpaired) electrons. The zero-order chi connectivity index (χ0) is 23.8. The lowest BCUT2D eigenvalue weighted by atomic mass is 10.0. The van der Waals surface area contributed by atoms with Crippen molar-refractivity contribution in [3.8, 4) is 0 Å². The van der Waals surface area contributed by atoms with Gasteiger partial charge in [0.15, 0.2) is 0 Å². The summed E-state index contributed by atoms with van der Waals surface area (Å²) in [4.78, 5) is 19.5. The summed E-state index contributed by atoms with van der Waals surface area (Å²) in [6, 6.07) is 10.7. The van der Waals surface area contributed by atoms with Crippen LogP contribution in [0.15, 0.2) is 59.5 Å². The summed E-state index contributed by atoms with van der Waals surface area (Å²) >= 11 is 0. The van der Waals surface area contributed by atoms with Gasteiger partial charge in [0.05, 0.1) is 12.0 Å². The van der Waals surface area contributed by atoms with Crippen molar-refractivity contribution < 1.29 is 17.6 Å². The largest absolute Gasteiger partial charge is 0.464 e. The lowest BCUT2D eigenvalue weighted by Gasteiger charge is -2.29. The molecular weight excluding hydrogens is 438 g/mol. The van der Waals surface area contributed by atoms with E-state index in [1.807, 2.05) is 57.2 Å². The molecule has 0 bridgehead atoms. The molecule has 0 spiro atoms. The summed E-state index contributed by atoms with van der Waals surface area (Å²) in [7, 11) is -3.56. The minimum absolute atomic E-state index is 0.00892. The predicted octanol–water partition coefficient (Wildman–Crippen LogP) is 4.14. The fourth-order valence-electron chi connectivity index (χ4n) is 3.86. The van der Waals surface area contributed by atoms with Gasteiger partial charge < -0.3 is 9.32 Å². The number of sulfonamides is 1. The van der Waals surface area contributed by atoms with Gasteiger partial charge in [0.25, 0.3) is 0 Å². The Hall–Kier alpha value is -2.71. The number of nitrogens with one attached hydrogen (secondary N) is 1. The number of benzene rings is 1. The number of nitrogens with zero attached hydrogens (tertiary/aromatic N) is 2. The van der Waals surface area contributed by atoms with Gasteiger partial charge in [-0.25, -0.2) is 13.1 Å². The van der Waals surface area contributed by atoms with Crippen LogP contribution < -0.4 is 4.72 Å². The van der Waals surface area contributed by atoms with Crippen molar-refractivity contribution >= 4 is 26.9 Å². The maximum atomic E-state index is 13.7. The average Bonchev–Trinajstić information content (AvgIpc) is 3.24. The van der Waals surface area contributed by atoms with E-state index >= 15 is 0 Å². The Morgan fingerprint density at radius 3 is 2.70 bits per heavy atom. The van der Waals surface area contributed by atoms with Crippen LogP contribution in [-0.2, 0) is 27.8 Å². The Labute approximate surface area is 196 Å². The Balaban J connectivity index is 1.83. The number of rotatable bonds is 12. The Morgan fingerprint density at radius 1 is 1.18 bits per heavy atom. The van der Waals surface area contributed by atoms with Gasteiger partial charge in [-0.15, -0.1) is 0 Å². The quantitative estimate of drug-likeness (QED) is 0.428. The summed E-state index contributed by atoms with van der Waals surface area (Å²) in [5.74, 6) is 0.0164.